The van der Waals surface area contributed by atoms with Crippen LogP contribution >= 0.6 is 0 Å². The standard InChI is InChI=1S/C12H9F4N5O3S/c1-5(2)21-10-8(19-20-21)3-7(13)6-4-17-11(18-9(6)10)24-25(22,23)12(14,15)16/h3-5H,1-2H3. The van der Waals surface area contributed by atoms with Gasteiger partial charge in [0.15, 0.2) is 0 Å². The van der Waals surface area contributed by atoms with Crippen molar-refractivity contribution in [1.29, 1.82) is 0 Å². The molecule has 0 atom stereocenters. The minimum Gasteiger partial charge on any atom is -0.337 e. The number of aromatic nitrogens is 5. The first-order chi connectivity index (χ1) is 11.5. The maximum atomic E-state index is 14.1. The smallest absolute Gasteiger partial charge is 0.337 e. The van der Waals surface area contributed by atoms with E-state index in [1.54, 1.807) is 13.8 Å². The molecule has 2 aromatic heterocycles. The van der Waals surface area contributed by atoms with Gasteiger partial charge < -0.3 is 4.18 Å². The van der Waals surface area contributed by atoms with Crippen LogP contribution < -0.4 is 4.18 Å². The molecule has 0 amide bonds. The zero-order valence-corrected chi connectivity index (χ0v) is 13.4. The number of fused-ring (bicyclic) bond motifs is 3. The molecule has 0 aliphatic heterocycles. The van der Waals surface area contributed by atoms with Gasteiger partial charge in [0.1, 0.15) is 22.4 Å². The van der Waals surface area contributed by atoms with Crippen molar-refractivity contribution in [2.45, 2.75) is 25.4 Å². The zero-order chi connectivity index (χ0) is 18.6. The number of benzene rings is 1. The zero-order valence-electron chi connectivity index (χ0n) is 12.6. The Bertz CT molecular complexity index is 1080. The van der Waals surface area contributed by atoms with E-state index < -0.39 is 27.5 Å². The fourth-order valence-electron chi connectivity index (χ4n) is 2.10. The summed E-state index contributed by atoms with van der Waals surface area (Å²) in [6.07, 6.45) is 0.829. The number of hydrogen-bond acceptors (Lipinski definition) is 7. The van der Waals surface area contributed by atoms with Crippen LogP contribution in [-0.4, -0.2) is 38.9 Å². The lowest BCUT2D eigenvalue weighted by atomic mass is 10.2. The maximum Gasteiger partial charge on any atom is 0.534 e. The van der Waals surface area contributed by atoms with Crippen LogP contribution in [0.25, 0.3) is 21.9 Å². The predicted molar refractivity (Wildman–Crippen MR) is 76.6 cm³/mol. The Kier molecular flexibility index (Phi) is 3.78. The van der Waals surface area contributed by atoms with E-state index in [-0.39, 0.29) is 28.0 Å². The Morgan fingerprint density at radius 3 is 2.56 bits per heavy atom. The Morgan fingerprint density at radius 2 is 1.96 bits per heavy atom. The molecule has 25 heavy (non-hydrogen) atoms. The summed E-state index contributed by atoms with van der Waals surface area (Å²) in [5.41, 5.74) is -5.51. The second kappa shape index (κ2) is 5.47. The molecule has 0 saturated carbocycles. The average Bonchev–Trinajstić information content (AvgIpc) is 2.89. The number of alkyl halides is 3. The molecule has 0 aliphatic rings. The van der Waals surface area contributed by atoms with Crippen molar-refractivity contribution in [3.8, 4) is 6.01 Å². The van der Waals surface area contributed by atoms with Gasteiger partial charge in [0.25, 0.3) is 0 Å². The number of halogens is 4. The number of hydrogen-bond donors (Lipinski definition) is 0. The third-order valence-corrected chi connectivity index (χ3v) is 4.12. The van der Waals surface area contributed by atoms with Crippen LogP contribution in [0, 0.1) is 5.82 Å². The molecule has 0 radical (unpaired) electrons. The van der Waals surface area contributed by atoms with E-state index >= 15 is 0 Å². The SMILES string of the molecule is CC(C)n1nnc2cc(F)c3cnc(OS(=O)(=O)C(F)(F)F)nc3c21. The topological polar surface area (TPSA) is 99.9 Å². The van der Waals surface area contributed by atoms with E-state index in [2.05, 4.69) is 24.5 Å². The highest BCUT2D eigenvalue weighted by atomic mass is 32.2. The lowest BCUT2D eigenvalue weighted by molar-refractivity contribution is -0.0502. The Hall–Kier alpha value is -2.57. The molecule has 0 aliphatic carbocycles. The van der Waals surface area contributed by atoms with Crippen molar-refractivity contribution in [3.05, 3.63) is 18.1 Å². The van der Waals surface area contributed by atoms with E-state index in [0.717, 1.165) is 12.3 Å². The van der Waals surface area contributed by atoms with Gasteiger partial charge in [-0.25, -0.2) is 14.1 Å². The normalized spacial score (nSPS) is 13.1. The van der Waals surface area contributed by atoms with E-state index in [1.807, 2.05) is 0 Å². The molecule has 1 aromatic carbocycles. The lowest BCUT2D eigenvalue weighted by Gasteiger charge is -2.10. The van der Waals surface area contributed by atoms with E-state index in [4.69, 9.17) is 0 Å². The molecule has 0 bridgehead atoms. The van der Waals surface area contributed by atoms with Crippen LogP contribution in [0.5, 0.6) is 6.01 Å². The monoisotopic (exact) mass is 379 g/mol. The maximum absolute atomic E-state index is 14.1. The van der Waals surface area contributed by atoms with Gasteiger partial charge in [-0.2, -0.15) is 26.6 Å². The minimum atomic E-state index is -5.95. The van der Waals surface area contributed by atoms with Gasteiger partial charge in [-0.1, -0.05) is 5.21 Å². The first kappa shape index (κ1) is 17.3. The highest BCUT2D eigenvalue weighted by Gasteiger charge is 2.49. The molecule has 0 spiro atoms. The van der Waals surface area contributed by atoms with Gasteiger partial charge in [-0.15, -0.1) is 5.10 Å². The van der Waals surface area contributed by atoms with Crippen LogP contribution in [0.15, 0.2) is 12.3 Å². The summed E-state index contributed by atoms with van der Waals surface area (Å²) >= 11 is 0. The summed E-state index contributed by atoms with van der Waals surface area (Å²) in [6, 6.07) is -0.245. The van der Waals surface area contributed by atoms with Crippen molar-refractivity contribution < 1.29 is 30.2 Å². The van der Waals surface area contributed by atoms with Crippen LogP contribution in [0.1, 0.15) is 19.9 Å². The summed E-state index contributed by atoms with van der Waals surface area (Å²) in [7, 11) is -5.95. The summed E-state index contributed by atoms with van der Waals surface area (Å²) in [6.45, 7) is 3.49. The lowest BCUT2D eigenvalue weighted by Crippen LogP contribution is -2.28. The number of rotatable bonds is 3. The first-order valence-corrected chi connectivity index (χ1v) is 8.13. The van der Waals surface area contributed by atoms with Gasteiger partial charge >= 0.3 is 21.6 Å². The van der Waals surface area contributed by atoms with Crippen molar-refractivity contribution in [1.82, 2.24) is 25.0 Å². The van der Waals surface area contributed by atoms with Crippen molar-refractivity contribution in [2.75, 3.05) is 0 Å². The molecule has 0 unspecified atom stereocenters. The average molecular weight is 379 g/mol. The van der Waals surface area contributed by atoms with Gasteiger partial charge in [-0.05, 0) is 13.8 Å². The molecule has 0 saturated heterocycles. The predicted octanol–water partition coefficient (Wildman–Crippen LogP) is 2.32. The first-order valence-electron chi connectivity index (χ1n) is 6.72. The van der Waals surface area contributed by atoms with Crippen molar-refractivity contribution in [3.63, 3.8) is 0 Å². The second-order valence-corrected chi connectivity index (χ2v) is 6.79. The Balaban J connectivity index is 2.26. The van der Waals surface area contributed by atoms with Gasteiger partial charge in [0, 0.05) is 18.3 Å². The molecular weight excluding hydrogens is 370 g/mol. The fourth-order valence-corrected chi connectivity index (χ4v) is 2.47. The van der Waals surface area contributed by atoms with E-state index in [1.165, 1.54) is 4.68 Å². The molecular formula is C12H9F4N5O3S. The van der Waals surface area contributed by atoms with E-state index in [0.29, 0.717) is 0 Å². The molecule has 0 N–H and O–H groups in total. The minimum absolute atomic E-state index is 0.0991. The van der Waals surface area contributed by atoms with Gasteiger partial charge in [0.2, 0.25) is 0 Å². The second-order valence-electron chi connectivity index (χ2n) is 5.25. The molecule has 2 heterocycles. The van der Waals surface area contributed by atoms with E-state index in [9.17, 15) is 26.0 Å². The molecule has 134 valence electrons. The molecule has 3 aromatic rings. The van der Waals surface area contributed by atoms with Crippen molar-refractivity contribution >= 4 is 32.1 Å². The highest BCUT2D eigenvalue weighted by molar-refractivity contribution is 7.87. The molecule has 0 fully saturated rings. The highest BCUT2D eigenvalue weighted by Crippen LogP contribution is 2.29. The third-order valence-electron chi connectivity index (χ3n) is 3.19. The summed E-state index contributed by atoms with van der Waals surface area (Å²) in [5.74, 6) is -0.788. The van der Waals surface area contributed by atoms with Crippen LogP contribution in [0.4, 0.5) is 17.6 Å². The largest absolute Gasteiger partial charge is 0.534 e. The van der Waals surface area contributed by atoms with Crippen LogP contribution in [0.2, 0.25) is 0 Å². The van der Waals surface area contributed by atoms with Crippen molar-refractivity contribution in [2.24, 2.45) is 0 Å². The molecule has 13 heteroatoms. The fraction of sp³-hybridized carbons (Fsp3) is 0.333. The Labute approximate surface area is 137 Å². The van der Waals surface area contributed by atoms with Crippen LogP contribution in [0.3, 0.4) is 0 Å². The molecule has 8 nitrogen and oxygen atoms in total. The Morgan fingerprint density at radius 1 is 1.28 bits per heavy atom. The quantitative estimate of drug-likeness (QED) is 0.391. The summed E-state index contributed by atoms with van der Waals surface area (Å²) in [4.78, 5) is 6.95. The van der Waals surface area contributed by atoms with Gasteiger partial charge in [0.05, 0.1) is 5.39 Å². The number of nitrogens with zero attached hydrogens (tertiary/aromatic N) is 5. The summed E-state index contributed by atoms with van der Waals surface area (Å²) < 4.78 is 78.8. The third kappa shape index (κ3) is 2.83. The van der Waals surface area contributed by atoms with Gasteiger partial charge in [-0.3, -0.25) is 0 Å². The molecule has 3 rings (SSSR count). The van der Waals surface area contributed by atoms with Crippen LogP contribution in [-0.2, 0) is 10.1 Å². The summed E-state index contributed by atoms with van der Waals surface area (Å²) in [5, 5.41) is 7.45.